The molecule has 0 aromatic carbocycles. The van der Waals surface area contributed by atoms with Crippen LogP contribution in [0.5, 0.6) is 0 Å². The van der Waals surface area contributed by atoms with Crippen molar-refractivity contribution in [1.29, 1.82) is 0 Å². The van der Waals surface area contributed by atoms with Gasteiger partial charge in [0.15, 0.2) is 0 Å². The number of carbonyl (C=O) groups excluding carboxylic acids is 2. The number of aryl methyl sites for hydroxylation is 2. The molecule has 2 atom stereocenters. The fourth-order valence-corrected chi connectivity index (χ4v) is 3.66. The van der Waals surface area contributed by atoms with E-state index in [1.807, 2.05) is 0 Å². The summed E-state index contributed by atoms with van der Waals surface area (Å²) in [5.41, 5.74) is 1.64. The monoisotopic (exact) mass is 307 g/mol. The molecule has 1 N–H and O–H groups in total. The van der Waals surface area contributed by atoms with E-state index in [1.54, 1.807) is 13.0 Å². The van der Waals surface area contributed by atoms with Crippen molar-refractivity contribution >= 4 is 22.8 Å². The zero-order chi connectivity index (χ0) is 15.0. The van der Waals surface area contributed by atoms with Gasteiger partial charge in [0.2, 0.25) is 11.0 Å². The van der Waals surface area contributed by atoms with Crippen LogP contribution in [-0.4, -0.2) is 32.6 Å². The number of amides is 1. The number of rotatable bonds is 3. The summed E-state index contributed by atoms with van der Waals surface area (Å²) in [6, 6.07) is 0.437. The summed E-state index contributed by atoms with van der Waals surface area (Å²) < 4.78 is 1.23. The molecule has 0 radical (unpaired) electrons. The van der Waals surface area contributed by atoms with Crippen molar-refractivity contribution in [2.45, 2.75) is 44.7 Å². The predicted molar refractivity (Wildman–Crippen MR) is 79.2 cm³/mol. The minimum absolute atomic E-state index is 0.00944. The predicted octanol–water partition coefficient (Wildman–Crippen LogP) is 0.441. The molecule has 21 heavy (non-hydrogen) atoms. The van der Waals surface area contributed by atoms with Gasteiger partial charge < -0.3 is 5.32 Å². The van der Waals surface area contributed by atoms with Crippen molar-refractivity contribution in [3.63, 3.8) is 0 Å². The average Bonchev–Trinajstić information content (AvgIpc) is 3.06. The van der Waals surface area contributed by atoms with Crippen LogP contribution >= 0.6 is 11.8 Å². The third kappa shape index (κ3) is 2.74. The minimum Gasteiger partial charge on any atom is -0.343 e. The summed E-state index contributed by atoms with van der Waals surface area (Å²) in [5.74, 6) is 0.401. The van der Waals surface area contributed by atoms with Crippen LogP contribution < -0.4 is 10.9 Å². The summed E-state index contributed by atoms with van der Waals surface area (Å²) >= 11 is 1.24. The van der Waals surface area contributed by atoms with Gasteiger partial charge in [0.1, 0.15) is 6.04 Å². The highest BCUT2D eigenvalue weighted by Gasteiger charge is 2.29. The zero-order valence-electron chi connectivity index (χ0n) is 11.8. The molecule has 1 saturated heterocycles. The molecule has 6 nitrogen and oxygen atoms in total. The third-order valence-electron chi connectivity index (χ3n) is 3.98. The van der Waals surface area contributed by atoms with Crippen LogP contribution in [0.4, 0.5) is 0 Å². The van der Waals surface area contributed by atoms with Crippen LogP contribution in [-0.2, 0) is 22.4 Å². The van der Waals surface area contributed by atoms with Crippen molar-refractivity contribution in [2.24, 2.45) is 0 Å². The molecule has 0 saturated carbocycles. The van der Waals surface area contributed by atoms with Gasteiger partial charge in [-0.05, 0) is 38.2 Å². The van der Waals surface area contributed by atoms with Gasteiger partial charge in [0.05, 0.1) is 11.7 Å². The third-order valence-corrected chi connectivity index (χ3v) is 4.99. The normalized spacial score (nSPS) is 22.1. The Morgan fingerprint density at radius 2 is 2.29 bits per heavy atom. The highest BCUT2D eigenvalue weighted by molar-refractivity contribution is 8.14. The van der Waals surface area contributed by atoms with Crippen molar-refractivity contribution in [1.82, 2.24) is 15.1 Å². The molecule has 112 valence electrons. The molecule has 2 heterocycles. The van der Waals surface area contributed by atoms with E-state index in [2.05, 4.69) is 10.4 Å². The lowest BCUT2D eigenvalue weighted by atomic mass is 10.2. The van der Waals surface area contributed by atoms with Crippen LogP contribution in [0.2, 0.25) is 0 Å². The molecule has 0 bridgehead atoms. The molecule has 1 fully saturated rings. The fraction of sp³-hybridized carbons (Fsp3) is 0.571. The smallest absolute Gasteiger partial charge is 0.267 e. The Balaban J connectivity index is 1.78. The lowest BCUT2D eigenvalue weighted by Crippen LogP contribution is -2.43. The Labute approximate surface area is 126 Å². The summed E-state index contributed by atoms with van der Waals surface area (Å²) in [5, 5.41) is 7.02. The standard InChI is InChI=1S/C14H17N3O3S/c1-8(13(19)15-11-5-6-21-14(11)20)17-12(18)7-9-3-2-4-10(9)16-17/h7-8,11H,2-6H2,1H3,(H,15,19)/t8-,11+/m0/s1. The van der Waals surface area contributed by atoms with Crippen LogP contribution in [0.15, 0.2) is 10.9 Å². The summed E-state index contributed by atoms with van der Waals surface area (Å²) in [6.07, 6.45) is 3.38. The lowest BCUT2D eigenvalue weighted by Gasteiger charge is -2.17. The number of aromatic nitrogens is 2. The number of nitrogens with zero attached hydrogens (tertiary/aromatic N) is 2. The van der Waals surface area contributed by atoms with Crippen molar-refractivity contribution in [3.05, 3.63) is 27.7 Å². The highest BCUT2D eigenvalue weighted by atomic mass is 32.2. The van der Waals surface area contributed by atoms with E-state index in [-0.39, 0.29) is 16.6 Å². The second-order valence-electron chi connectivity index (χ2n) is 5.45. The van der Waals surface area contributed by atoms with Gasteiger partial charge in [0, 0.05) is 11.8 Å². The maximum Gasteiger partial charge on any atom is 0.267 e. The Morgan fingerprint density at radius 1 is 1.48 bits per heavy atom. The zero-order valence-corrected chi connectivity index (χ0v) is 12.6. The van der Waals surface area contributed by atoms with Crippen LogP contribution in [0.3, 0.4) is 0 Å². The second-order valence-corrected chi connectivity index (χ2v) is 6.55. The summed E-state index contributed by atoms with van der Waals surface area (Å²) in [4.78, 5) is 35.9. The van der Waals surface area contributed by atoms with Gasteiger partial charge in [-0.15, -0.1) is 0 Å². The lowest BCUT2D eigenvalue weighted by molar-refractivity contribution is -0.127. The molecule has 0 unspecified atom stereocenters. The molecule has 0 spiro atoms. The first-order chi connectivity index (χ1) is 10.1. The van der Waals surface area contributed by atoms with E-state index in [0.717, 1.165) is 36.3 Å². The molecule has 3 rings (SSSR count). The van der Waals surface area contributed by atoms with E-state index in [9.17, 15) is 14.4 Å². The Hall–Kier alpha value is -1.63. The average molecular weight is 307 g/mol. The Kier molecular flexibility index (Phi) is 3.84. The first kappa shape index (κ1) is 14.3. The van der Waals surface area contributed by atoms with Gasteiger partial charge in [0.25, 0.3) is 5.56 Å². The van der Waals surface area contributed by atoms with E-state index < -0.39 is 12.1 Å². The van der Waals surface area contributed by atoms with E-state index in [0.29, 0.717) is 6.42 Å². The van der Waals surface area contributed by atoms with E-state index in [1.165, 1.54) is 16.4 Å². The molecule has 1 aliphatic carbocycles. The van der Waals surface area contributed by atoms with Gasteiger partial charge in [-0.25, -0.2) is 4.68 Å². The molecule has 1 aromatic rings. The fourth-order valence-electron chi connectivity index (χ4n) is 2.72. The van der Waals surface area contributed by atoms with Crippen molar-refractivity contribution < 1.29 is 9.59 Å². The van der Waals surface area contributed by atoms with Gasteiger partial charge in [-0.1, -0.05) is 11.8 Å². The highest BCUT2D eigenvalue weighted by Crippen LogP contribution is 2.20. The first-order valence-electron chi connectivity index (χ1n) is 7.15. The first-order valence-corrected chi connectivity index (χ1v) is 8.13. The number of hydrogen-bond acceptors (Lipinski definition) is 5. The number of thioether (sulfide) groups is 1. The molecular weight excluding hydrogens is 290 g/mol. The van der Waals surface area contributed by atoms with E-state index in [4.69, 9.17) is 0 Å². The molecule has 2 aliphatic rings. The van der Waals surface area contributed by atoms with Crippen LogP contribution in [0, 0.1) is 0 Å². The maximum atomic E-state index is 12.2. The number of fused-ring (bicyclic) bond motifs is 1. The topological polar surface area (TPSA) is 81.1 Å². The quantitative estimate of drug-likeness (QED) is 0.876. The maximum absolute atomic E-state index is 12.2. The van der Waals surface area contributed by atoms with Gasteiger partial charge in [-0.3, -0.25) is 14.4 Å². The Bertz CT molecular complexity index is 655. The molecular formula is C14H17N3O3S. The SMILES string of the molecule is C[C@@H](C(=O)N[C@@H]1CCSC1=O)n1nc2c(cc1=O)CCC2. The molecule has 7 heteroatoms. The van der Waals surface area contributed by atoms with Crippen molar-refractivity contribution in [2.75, 3.05) is 5.75 Å². The van der Waals surface area contributed by atoms with Crippen LogP contribution in [0.1, 0.15) is 37.1 Å². The van der Waals surface area contributed by atoms with Gasteiger partial charge >= 0.3 is 0 Å². The molecule has 1 aliphatic heterocycles. The van der Waals surface area contributed by atoms with Crippen molar-refractivity contribution in [3.8, 4) is 0 Å². The minimum atomic E-state index is -0.707. The molecule has 1 aromatic heterocycles. The number of carbonyl (C=O) groups is 2. The summed E-state index contributed by atoms with van der Waals surface area (Å²) in [6.45, 7) is 1.64. The number of hydrogen-bond donors (Lipinski definition) is 1. The number of nitrogens with one attached hydrogen (secondary N) is 1. The second kappa shape index (κ2) is 5.63. The Morgan fingerprint density at radius 3 is 3.00 bits per heavy atom. The largest absolute Gasteiger partial charge is 0.343 e. The summed E-state index contributed by atoms with van der Waals surface area (Å²) in [7, 11) is 0. The van der Waals surface area contributed by atoms with E-state index >= 15 is 0 Å². The molecule has 1 amide bonds. The van der Waals surface area contributed by atoms with Crippen LogP contribution in [0.25, 0.3) is 0 Å². The van der Waals surface area contributed by atoms with Gasteiger partial charge in [-0.2, -0.15) is 5.10 Å².